The number of aryl methyl sites for hydroxylation is 1. The number of hydrogen-bond donors (Lipinski definition) is 0. The van der Waals surface area contributed by atoms with Gasteiger partial charge in [0.05, 0.1) is 15.3 Å². The summed E-state index contributed by atoms with van der Waals surface area (Å²) in [6.45, 7) is 2.27. The van der Waals surface area contributed by atoms with Crippen LogP contribution in [0, 0.1) is 0 Å². The average molecular weight is 368 g/mol. The predicted octanol–water partition coefficient (Wildman–Crippen LogP) is 2.01. The zero-order valence-corrected chi connectivity index (χ0v) is 17.7. The predicted molar refractivity (Wildman–Crippen MR) is 97.3 cm³/mol. The van der Waals surface area contributed by atoms with Crippen LogP contribution in [0.25, 0.3) is 0 Å². The minimum atomic E-state index is -0.841. The summed E-state index contributed by atoms with van der Waals surface area (Å²) in [5.74, 6) is -0.0640. The van der Waals surface area contributed by atoms with E-state index in [1.165, 1.54) is 11.1 Å². The fourth-order valence-electron chi connectivity index (χ4n) is 2.19. The van der Waals surface area contributed by atoms with Crippen molar-refractivity contribution in [1.82, 2.24) is 0 Å². The molecule has 1 rings (SSSR count). The molecule has 23 heavy (non-hydrogen) atoms. The number of ether oxygens (including phenoxy) is 3. The van der Waals surface area contributed by atoms with Crippen molar-refractivity contribution >= 4 is 27.1 Å². The van der Waals surface area contributed by atoms with Crippen molar-refractivity contribution in [3.05, 3.63) is 35.4 Å². The molecule has 7 heteroatoms. The number of benzene rings is 1. The Morgan fingerprint density at radius 1 is 1.04 bits per heavy atom. The third kappa shape index (κ3) is 7.88. The van der Waals surface area contributed by atoms with E-state index in [9.17, 15) is 0 Å². The van der Waals surface area contributed by atoms with Crippen LogP contribution in [0.4, 0.5) is 0 Å². The van der Waals surface area contributed by atoms with Gasteiger partial charge < -0.3 is 18.6 Å². The second-order valence-electron chi connectivity index (χ2n) is 5.18. The van der Waals surface area contributed by atoms with Crippen molar-refractivity contribution < 1.29 is 18.6 Å². The van der Waals surface area contributed by atoms with Crippen LogP contribution in [-0.2, 0) is 25.1 Å². The van der Waals surface area contributed by atoms with Gasteiger partial charge in [0.15, 0.2) is 0 Å². The topological polar surface area (TPSA) is 36.9 Å². The maximum atomic E-state index is 5.57. The maximum absolute atomic E-state index is 5.57. The molecule has 0 fully saturated rings. The van der Waals surface area contributed by atoms with Crippen LogP contribution in [0.3, 0.4) is 0 Å². The molecule has 127 valence electrons. The van der Waals surface area contributed by atoms with E-state index in [4.69, 9.17) is 18.6 Å². The van der Waals surface area contributed by atoms with Crippen LogP contribution < -0.4 is 0 Å². The molecule has 1 unspecified atom stereocenters. The molecule has 1 atom stereocenters. The minimum absolute atomic E-state index is 0.0640. The lowest BCUT2D eigenvalue weighted by molar-refractivity contribution is -0.0440. The summed E-state index contributed by atoms with van der Waals surface area (Å²) in [6, 6.07) is 10.1. The van der Waals surface area contributed by atoms with Crippen molar-refractivity contribution in [3.8, 4) is 0 Å². The van der Waals surface area contributed by atoms with E-state index >= 15 is 0 Å². The van der Waals surface area contributed by atoms with Crippen LogP contribution in [0.15, 0.2) is 24.3 Å². The van der Waals surface area contributed by atoms with Gasteiger partial charge in [-0.25, -0.2) is 0 Å². The molecule has 4 nitrogen and oxygen atoms in total. The summed E-state index contributed by atoms with van der Waals surface area (Å²) >= 11 is 0. The van der Waals surface area contributed by atoms with E-state index in [1.807, 2.05) is 0 Å². The molecule has 1 aromatic carbocycles. The Morgan fingerprint density at radius 2 is 1.70 bits per heavy atom. The van der Waals surface area contributed by atoms with Crippen molar-refractivity contribution in [2.75, 3.05) is 34.7 Å². The van der Waals surface area contributed by atoms with Gasteiger partial charge in [0.2, 0.25) is 8.56 Å². The van der Waals surface area contributed by atoms with E-state index in [1.54, 1.807) is 28.4 Å². The molecular formula is C16H27O4Si3. The fourth-order valence-corrected chi connectivity index (χ4v) is 7.60. The van der Waals surface area contributed by atoms with E-state index in [0.717, 1.165) is 27.7 Å². The van der Waals surface area contributed by atoms with E-state index in [2.05, 4.69) is 31.2 Å². The monoisotopic (exact) mass is 367 g/mol. The lowest BCUT2D eigenvalue weighted by Gasteiger charge is -2.17. The van der Waals surface area contributed by atoms with Crippen LogP contribution in [0.1, 0.15) is 23.6 Å². The fraction of sp³-hybridized carbons (Fsp3) is 0.625. The summed E-state index contributed by atoms with van der Waals surface area (Å²) in [6.07, 6.45) is 1.82. The Hall–Kier alpha value is -0.289. The molecule has 0 N–H and O–H groups in total. The molecule has 0 saturated carbocycles. The van der Waals surface area contributed by atoms with Crippen molar-refractivity contribution in [2.24, 2.45) is 0 Å². The smallest absolute Gasteiger partial charge is 0.217 e. The summed E-state index contributed by atoms with van der Waals surface area (Å²) in [5, 5.41) is 0. The Kier molecular flexibility index (Phi) is 10.9. The second kappa shape index (κ2) is 12.1. The quantitative estimate of drug-likeness (QED) is 0.418. The Balaban J connectivity index is 2.45. The molecule has 0 spiro atoms. The molecule has 0 saturated heterocycles. The van der Waals surface area contributed by atoms with Crippen LogP contribution in [0.2, 0.25) is 6.04 Å². The zero-order chi connectivity index (χ0) is 17.1. The first-order chi connectivity index (χ1) is 11.1. The van der Waals surface area contributed by atoms with Gasteiger partial charge in [0.25, 0.3) is 0 Å². The number of hydrogen-bond acceptors (Lipinski definition) is 4. The molecule has 0 aliphatic heterocycles. The van der Waals surface area contributed by atoms with Crippen molar-refractivity contribution in [3.63, 3.8) is 0 Å². The first-order valence-corrected chi connectivity index (χ1v) is 12.6. The van der Waals surface area contributed by atoms with Crippen LogP contribution in [-0.4, -0.2) is 67.7 Å². The summed E-state index contributed by atoms with van der Waals surface area (Å²) in [5.41, 5.74) is 3.29. The van der Waals surface area contributed by atoms with E-state index in [-0.39, 0.29) is 5.91 Å². The third-order valence-corrected chi connectivity index (χ3v) is 10.3. The van der Waals surface area contributed by atoms with Crippen LogP contribution >= 0.6 is 0 Å². The van der Waals surface area contributed by atoms with Gasteiger partial charge in [-0.15, -0.1) is 0 Å². The lowest BCUT2D eigenvalue weighted by Crippen LogP contribution is -2.34. The van der Waals surface area contributed by atoms with Gasteiger partial charge >= 0.3 is 0 Å². The largest absolute Gasteiger partial charge is 0.422 e. The highest BCUT2D eigenvalue weighted by atomic mass is 29.2. The average Bonchev–Trinajstić information content (AvgIpc) is 2.58. The van der Waals surface area contributed by atoms with E-state index in [0.29, 0.717) is 15.1 Å². The summed E-state index contributed by atoms with van der Waals surface area (Å²) < 4.78 is 21.3. The first-order valence-electron chi connectivity index (χ1n) is 7.67. The van der Waals surface area contributed by atoms with Crippen molar-refractivity contribution in [1.29, 1.82) is 0 Å². The van der Waals surface area contributed by atoms with Gasteiger partial charge in [-0.3, -0.25) is 0 Å². The molecule has 0 heterocycles. The normalized spacial score (nSPS) is 13.0. The zero-order valence-electron chi connectivity index (χ0n) is 14.7. The Labute approximate surface area is 147 Å². The second-order valence-corrected chi connectivity index (χ2v) is 11.8. The highest BCUT2D eigenvalue weighted by Gasteiger charge is 2.18. The molecule has 5 radical (unpaired) electrons. The van der Waals surface area contributed by atoms with Gasteiger partial charge in [-0.1, -0.05) is 37.2 Å². The van der Waals surface area contributed by atoms with Gasteiger partial charge in [0.1, 0.15) is 15.4 Å². The van der Waals surface area contributed by atoms with Gasteiger partial charge in [0, 0.05) is 28.4 Å². The van der Waals surface area contributed by atoms with E-state index < -0.39 is 8.56 Å². The number of rotatable bonds is 12. The Bertz CT molecular complexity index is 412. The highest BCUT2D eigenvalue weighted by molar-refractivity contribution is 7.09. The molecule has 0 amide bonds. The molecule has 1 aromatic rings. The molecular weight excluding hydrogens is 340 g/mol. The number of methoxy groups -OCH3 is 3. The Morgan fingerprint density at radius 3 is 2.22 bits per heavy atom. The molecule has 0 aliphatic rings. The van der Waals surface area contributed by atoms with Gasteiger partial charge in [-0.2, -0.15) is 0 Å². The van der Waals surface area contributed by atoms with Crippen molar-refractivity contribution in [2.45, 2.75) is 30.8 Å². The SMILES string of the molecule is COC[Si](OC)[Si]C(C)c1ccc(CC[Si]C(OC)OC)cc1. The third-order valence-electron chi connectivity index (χ3n) is 3.53. The molecule has 0 aromatic heterocycles. The molecule has 0 bridgehead atoms. The standard InChI is InChI=1S/C16H27O4Si3/c1-13(22-23(20-5)12-17-2)15-8-6-14(7-9-15)10-11-21-16(18-3)19-4/h6-9,13,16H,10-12H2,1-5H3. The van der Waals surface area contributed by atoms with Gasteiger partial charge in [-0.05, 0) is 23.1 Å². The highest BCUT2D eigenvalue weighted by Crippen LogP contribution is 2.16. The molecule has 0 aliphatic carbocycles. The minimum Gasteiger partial charge on any atom is -0.422 e. The maximum Gasteiger partial charge on any atom is 0.217 e. The lowest BCUT2D eigenvalue weighted by atomic mass is 10.1. The summed E-state index contributed by atoms with van der Waals surface area (Å²) in [7, 11) is 7.55. The summed E-state index contributed by atoms with van der Waals surface area (Å²) in [4.78, 5) is 0. The first kappa shape index (κ1) is 20.8. The van der Waals surface area contributed by atoms with Crippen LogP contribution in [0.5, 0.6) is 0 Å².